The minimum atomic E-state index is -4.87. The second kappa shape index (κ2) is 6.95. The third-order valence-corrected chi connectivity index (χ3v) is 3.30. The number of morpholine rings is 1. The van der Waals surface area contributed by atoms with Crippen LogP contribution in [0.25, 0.3) is 0 Å². The second-order valence-corrected chi connectivity index (χ2v) is 4.86. The van der Waals surface area contributed by atoms with Crippen molar-refractivity contribution < 1.29 is 31.9 Å². The summed E-state index contributed by atoms with van der Waals surface area (Å²) >= 11 is 0. The summed E-state index contributed by atoms with van der Waals surface area (Å²) in [7, 11) is 0. The number of nitrogens with one attached hydrogen (secondary N) is 1. The smallest absolute Gasteiger partial charge is 0.378 e. The molecular formula is C14H14F4N2O3. The molecule has 0 radical (unpaired) electrons. The molecule has 1 saturated heterocycles. The first kappa shape index (κ1) is 17.2. The topological polar surface area (TPSA) is 58.6 Å². The van der Waals surface area contributed by atoms with Crippen LogP contribution < -0.4 is 5.32 Å². The maximum Gasteiger partial charge on any atom is 0.417 e. The number of carbonyl (C=O) groups excluding carboxylic acids is 2. The van der Waals surface area contributed by atoms with E-state index in [-0.39, 0.29) is 6.07 Å². The highest BCUT2D eigenvalue weighted by atomic mass is 19.4. The minimum absolute atomic E-state index is 0.249. The maximum atomic E-state index is 13.0. The van der Waals surface area contributed by atoms with E-state index in [1.54, 1.807) is 0 Å². The van der Waals surface area contributed by atoms with Crippen molar-refractivity contribution in [3.05, 3.63) is 35.1 Å². The quantitative estimate of drug-likeness (QED) is 0.851. The maximum absolute atomic E-state index is 13.0. The van der Waals surface area contributed by atoms with Gasteiger partial charge in [-0.05, 0) is 18.2 Å². The third-order valence-electron chi connectivity index (χ3n) is 3.30. The van der Waals surface area contributed by atoms with Crippen molar-refractivity contribution in [3.8, 4) is 0 Å². The zero-order valence-electron chi connectivity index (χ0n) is 12.0. The van der Waals surface area contributed by atoms with E-state index in [4.69, 9.17) is 4.74 Å². The number of hydrogen-bond acceptors (Lipinski definition) is 3. The Morgan fingerprint density at radius 3 is 2.48 bits per heavy atom. The van der Waals surface area contributed by atoms with Crippen LogP contribution in [0.3, 0.4) is 0 Å². The van der Waals surface area contributed by atoms with Gasteiger partial charge in [-0.3, -0.25) is 9.59 Å². The molecule has 0 aliphatic carbocycles. The lowest BCUT2D eigenvalue weighted by Gasteiger charge is -2.26. The molecule has 23 heavy (non-hydrogen) atoms. The summed E-state index contributed by atoms with van der Waals surface area (Å²) in [6, 6.07) is 1.75. The fourth-order valence-corrected chi connectivity index (χ4v) is 2.12. The molecule has 0 spiro atoms. The highest BCUT2D eigenvalue weighted by molar-refractivity contribution is 5.97. The van der Waals surface area contributed by atoms with E-state index >= 15 is 0 Å². The first-order valence-corrected chi connectivity index (χ1v) is 6.79. The molecule has 9 heteroatoms. The number of alkyl halides is 3. The van der Waals surface area contributed by atoms with Crippen LogP contribution in [0.5, 0.6) is 0 Å². The van der Waals surface area contributed by atoms with E-state index in [9.17, 15) is 27.2 Å². The normalized spacial score (nSPS) is 15.4. The van der Waals surface area contributed by atoms with Crippen LogP contribution in [0, 0.1) is 5.82 Å². The first-order chi connectivity index (χ1) is 10.8. The van der Waals surface area contributed by atoms with Crippen LogP contribution in [-0.4, -0.2) is 49.6 Å². The Morgan fingerprint density at radius 2 is 1.87 bits per heavy atom. The summed E-state index contributed by atoms with van der Waals surface area (Å²) in [5.74, 6) is -2.60. The Hall–Kier alpha value is -2.16. The van der Waals surface area contributed by atoms with Gasteiger partial charge in [-0.1, -0.05) is 0 Å². The van der Waals surface area contributed by atoms with Gasteiger partial charge in [0, 0.05) is 13.1 Å². The Bertz CT molecular complexity index is 598. The molecule has 0 atom stereocenters. The van der Waals surface area contributed by atoms with E-state index in [0.29, 0.717) is 26.3 Å². The van der Waals surface area contributed by atoms with Crippen molar-refractivity contribution in [1.82, 2.24) is 10.2 Å². The lowest BCUT2D eigenvalue weighted by Crippen LogP contribution is -2.45. The largest absolute Gasteiger partial charge is 0.417 e. The van der Waals surface area contributed by atoms with Crippen LogP contribution in [0.2, 0.25) is 0 Å². The summed E-state index contributed by atoms with van der Waals surface area (Å²) in [5.41, 5.74) is -2.11. The monoisotopic (exact) mass is 334 g/mol. The predicted octanol–water partition coefficient (Wildman–Crippen LogP) is 1.43. The van der Waals surface area contributed by atoms with Crippen LogP contribution in [0.15, 0.2) is 18.2 Å². The van der Waals surface area contributed by atoms with Gasteiger partial charge in [-0.25, -0.2) is 4.39 Å². The van der Waals surface area contributed by atoms with Gasteiger partial charge in [0.05, 0.1) is 30.9 Å². The lowest BCUT2D eigenvalue weighted by molar-refractivity contribution is -0.138. The fourth-order valence-electron chi connectivity index (χ4n) is 2.12. The van der Waals surface area contributed by atoms with Crippen molar-refractivity contribution in [2.24, 2.45) is 0 Å². The van der Waals surface area contributed by atoms with E-state index in [0.717, 1.165) is 12.1 Å². The van der Waals surface area contributed by atoms with Gasteiger partial charge in [-0.2, -0.15) is 13.2 Å². The molecule has 2 rings (SSSR count). The lowest BCUT2D eigenvalue weighted by atomic mass is 10.1. The average molecular weight is 334 g/mol. The van der Waals surface area contributed by atoms with Gasteiger partial charge < -0.3 is 15.0 Å². The molecule has 1 aromatic carbocycles. The molecule has 1 aromatic rings. The van der Waals surface area contributed by atoms with Gasteiger partial charge in [0.1, 0.15) is 5.82 Å². The molecule has 1 N–H and O–H groups in total. The molecule has 2 amide bonds. The van der Waals surface area contributed by atoms with Gasteiger partial charge >= 0.3 is 6.18 Å². The van der Waals surface area contributed by atoms with E-state index < -0.39 is 41.5 Å². The molecule has 0 unspecified atom stereocenters. The Kier molecular flexibility index (Phi) is 5.19. The third kappa shape index (κ3) is 4.41. The summed E-state index contributed by atoms with van der Waals surface area (Å²) in [4.78, 5) is 25.2. The molecule has 126 valence electrons. The summed E-state index contributed by atoms with van der Waals surface area (Å²) < 4.78 is 56.6. The van der Waals surface area contributed by atoms with Crippen LogP contribution >= 0.6 is 0 Å². The van der Waals surface area contributed by atoms with E-state index in [1.807, 2.05) is 0 Å². The Balaban J connectivity index is 2.05. The van der Waals surface area contributed by atoms with Gasteiger partial charge in [0.15, 0.2) is 0 Å². The van der Waals surface area contributed by atoms with Crippen LogP contribution in [0.1, 0.15) is 15.9 Å². The molecule has 0 aromatic heterocycles. The molecule has 1 heterocycles. The molecule has 0 saturated carbocycles. The Morgan fingerprint density at radius 1 is 1.22 bits per heavy atom. The zero-order chi connectivity index (χ0) is 17.0. The van der Waals surface area contributed by atoms with Crippen molar-refractivity contribution in [2.75, 3.05) is 32.8 Å². The minimum Gasteiger partial charge on any atom is -0.378 e. The number of hydrogen-bond donors (Lipinski definition) is 1. The predicted molar refractivity (Wildman–Crippen MR) is 71.1 cm³/mol. The number of halogens is 4. The van der Waals surface area contributed by atoms with Gasteiger partial charge in [0.25, 0.3) is 5.91 Å². The van der Waals surface area contributed by atoms with E-state index in [2.05, 4.69) is 5.32 Å². The van der Waals surface area contributed by atoms with Gasteiger partial charge in [-0.15, -0.1) is 0 Å². The number of nitrogens with zero attached hydrogens (tertiary/aromatic N) is 1. The van der Waals surface area contributed by atoms with Crippen LogP contribution in [0.4, 0.5) is 17.6 Å². The number of ether oxygens (including phenoxy) is 1. The number of amides is 2. The summed E-state index contributed by atoms with van der Waals surface area (Å²) in [5, 5.41) is 2.13. The first-order valence-electron chi connectivity index (χ1n) is 6.79. The summed E-state index contributed by atoms with van der Waals surface area (Å²) in [6.07, 6.45) is -4.87. The molecule has 5 nitrogen and oxygen atoms in total. The highest BCUT2D eigenvalue weighted by Crippen LogP contribution is 2.32. The van der Waals surface area contributed by atoms with Crippen LogP contribution in [-0.2, 0) is 15.7 Å². The van der Waals surface area contributed by atoms with Crippen molar-refractivity contribution in [2.45, 2.75) is 6.18 Å². The van der Waals surface area contributed by atoms with Crippen molar-refractivity contribution >= 4 is 11.8 Å². The van der Waals surface area contributed by atoms with E-state index in [1.165, 1.54) is 4.90 Å². The SMILES string of the molecule is O=C(NCC(=O)N1CCOCC1)c1ccc(F)cc1C(F)(F)F. The molecule has 1 aliphatic heterocycles. The molecule has 0 bridgehead atoms. The van der Waals surface area contributed by atoms with Crippen molar-refractivity contribution in [1.29, 1.82) is 0 Å². The molecule has 1 fully saturated rings. The summed E-state index contributed by atoms with van der Waals surface area (Å²) in [6.45, 7) is 1.03. The number of carbonyl (C=O) groups is 2. The molecular weight excluding hydrogens is 320 g/mol. The number of rotatable bonds is 3. The number of benzene rings is 1. The van der Waals surface area contributed by atoms with Gasteiger partial charge in [0.2, 0.25) is 5.91 Å². The Labute approximate surface area is 129 Å². The zero-order valence-corrected chi connectivity index (χ0v) is 12.0. The second-order valence-electron chi connectivity index (χ2n) is 4.86. The highest BCUT2D eigenvalue weighted by Gasteiger charge is 2.35. The average Bonchev–Trinajstić information content (AvgIpc) is 2.52. The fraction of sp³-hybridized carbons (Fsp3) is 0.429. The van der Waals surface area contributed by atoms with Crippen molar-refractivity contribution in [3.63, 3.8) is 0 Å². The molecule has 1 aliphatic rings. The standard InChI is InChI=1S/C14H14F4N2O3/c15-9-1-2-10(11(7-9)14(16,17)18)13(22)19-8-12(21)20-3-5-23-6-4-20/h1-2,7H,3-6,8H2,(H,19,22).